The van der Waals surface area contributed by atoms with Crippen LogP contribution < -0.4 is 16.6 Å². The Morgan fingerprint density at radius 3 is 2.40 bits per heavy atom. The van der Waals surface area contributed by atoms with Gasteiger partial charge in [0, 0.05) is 5.59 Å². The molecule has 0 aliphatic heterocycles. The Morgan fingerprint density at radius 1 is 1.40 bits per heavy atom. The Kier molecular flexibility index (Phi) is 2.25. The summed E-state index contributed by atoms with van der Waals surface area (Å²) in [7, 11) is 9.44. The Labute approximate surface area is 63.7 Å². The van der Waals surface area contributed by atoms with Gasteiger partial charge in [-0.2, -0.15) is 5.10 Å². The summed E-state index contributed by atoms with van der Waals surface area (Å²) in [6.45, 7) is 3.83. The van der Waals surface area contributed by atoms with Gasteiger partial charge in [0.25, 0.3) is 0 Å². The summed E-state index contributed by atoms with van der Waals surface area (Å²) in [5, 5.41) is 6.78. The fourth-order valence-corrected chi connectivity index (χ4v) is 0.819. The van der Waals surface area contributed by atoms with E-state index in [1.807, 2.05) is 28.2 Å². The molecule has 0 saturated heterocycles. The Balaban J connectivity index is 2.97. The Bertz CT molecular complexity index is 199. The first kappa shape index (κ1) is 7.51. The molecule has 0 aromatic carbocycles. The summed E-state index contributed by atoms with van der Waals surface area (Å²) in [5.74, 6) is 0. The third-order valence-corrected chi connectivity index (χ3v) is 1.43. The van der Waals surface area contributed by atoms with Crippen LogP contribution in [-0.4, -0.2) is 32.6 Å². The molecule has 0 unspecified atom stereocenters. The maximum Gasteiger partial charge on any atom is 0.176 e. The van der Waals surface area contributed by atoms with Crippen LogP contribution >= 0.6 is 0 Å². The van der Waals surface area contributed by atoms with Crippen molar-refractivity contribution in [3.63, 3.8) is 0 Å². The highest BCUT2D eigenvalue weighted by Gasteiger charge is 2.03. The number of H-pyrrole nitrogens is 1. The van der Waals surface area contributed by atoms with Crippen molar-refractivity contribution in [3.8, 4) is 0 Å². The van der Waals surface area contributed by atoms with E-state index < -0.39 is 0 Å². The van der Waals surface area contributed by atoms with Crippen LogP contribution in [0, 0.1) is 0 Å². The van der Waals surface area contributed by atoms with E-state index in [9.17, 15) is 0 Å². The van der Waals surface area contributed by atoms with Gasteiger partial charge >= 0.3 is 0 Å². The molecule has 4 radical (unpaired) electrons. The van der Waals surface area contributed by atoms with Crippen LogP contribution in [0.4, 0.5) is 0 Å². The van der Waals surface area contributed by atoms with Gasteiger partial charge in [0.05, 0.1) is 0 Å². The van der Waals surface area contributed by atoms with Crippen molar-refractivity contribution in [1.82, 2.24) is 10.2 Å². The normalized spacial score (nSPS) is 9.40. The van der Waals surface area contributed by atoms with E-state index in [1.54, 1.807) is 0 Å². The Hall–Kier alpha value is -0.595. The van der Waals surface area contributed by atoms with Gasteiger partial charge in [0.15, 0.2) is 14.6 Å². The smallest absolute Gasteiger partial charge is 0.176 e. The molecule has 0 spiro atoms. The van der Waals surface area contributed by atoms with Gasteiger partial charge in [-0.15, -0.1) is 0 Å². The predicted molar refractivity (Wildman–Crippen MR) is 46.5 cm³/mol. The lowest BCUT2D eigenvalue weighted by Gasteiger charge is -1.91. The van der Waals surface area contributed by atoms with Gasteiger partial charge in [-0.05, 0) is 5.59 Å². The highest BCUT2D eigenvalue weighted by molar-refractivity contribution is 6.66. The van der Waals surface area contributed by atoms with Crippen LogP contribution in [0.3, 0.4) is 0 Å². The molecule has 1 aromatic rings. The summed E-state index contributed by atoms with van der Waals surface area (Å²) >= 11 is 0. The van der Waals surface area contributed by atoms with Crippen LogP contribution in [0.25, 0.3) is 0 Å². The molecular weight excluding hydrogens is 121 g/mol. The first-order valence-corrected chi connectivity index (χ1v) is 3.22. The van der Waals surface area contributed by atoms with Gasteiger partial charge in [-0.1, -0.05) is 19.1 Å². The second kappa shape index (κ2) is 2.99. The number of aromatic amines is 1. The molecule has 0 bridgehead atoms. The highest BCUT2D eigenvalue weighted by atomic mass is 15.1. The average molecular weight is 128 g/mol. The second-order valence-corrected chi connectivity index (χ2v) is 2.01. The average Bonchev–Trinajstić information content (AvgIpc) is 2.30. The molecule has 5 heteroatoms. The molecule has 1 N–H and O–H groups in total. The zero-order chi connectivity index (χ0) is 7.56. The van der Waals surface area contributed by atoms with Crippen molar-refractivity contribution in [1.29, 1.82) is 0 Å². The molecule has 0 fully saturated rings. The van der Waals surface area contributed by atoms with E-state index in [4.69, 9.17) is 7.85 Å². The van der Waals surface area contributed by atoms with Gasteiger partial charge in [-0.25, -0.2) is 0 Å². The van der Waals surface area contributed by atoms with Crippen molar-refractivity contribution in [2.45, 2.75) is 13.6 Å². The van der Waals surface area contributed by atoms with Crippen molar-refractivity contribution < 1.29 is 0 Å². The quantitative estimate of drug-likeness (QED) is 0.456. The monoisotopic (exact) mass is 128 g/mol. The second-order valence-electron chi connectivity index (χ2n) is 2.01. The minimum Gasteiger partial charge on any atom is -0.294 e. The van der Waals surface area contributed by atoms with Crippen molar-refractivity contribution >= 4 is 39.1 Å². The van der Waals surface area contributed by atoms with Crippen molar-refractivity contribution in [2.24, 2.45) is 0 Å². The zero-order valence-corrected chi connectivity index (χ0v) is 6.18. The molecule has 0 amide bonds. The molecule has 10 heavy (non-hydrogen) atoms. The molecular formula is C5H7B3N2. The van der Waals surface area contributed by atoms with Gasteiger partial charge in [0.1, 0.15) is 7.85 Å². The fourth-order valence-electron chi connectivity index (χ4n) is 0.819. The summed E-state index contributed by atoms with van der Waals surface area (Å²) < 4.78 is 0. The molecule has 0 aliphatic carbocycles. The topological polar surface area (TPSA) is 28.7 Å². The molecule has 1 aromatic heterocycles. The molecule has 2 nitrogen and oxygen atoms in total. The summed E-state index contributed by atoms with van der Waals surface area (Å²) in [6.07, 6.45) is 0. The lowest BCUT2D eigenvalue weighted by molar-refractivity contribution is 1.13. The molecule has 1 rings (SSSR count). The number of aromatic nitrogens is 2. The summed E-state index contributed by atoms with van der Waals surface area (Å²) in [6, 6.07) is 0. The summed E-state index contributed by atoms with van der Waals surface area (Å²) in [5.41, 5.74) is 2.45. The predicted octanol–water partition coefficient (Wildman–Crippen LogP) is -2.04. The van der Waals surface area contributed by atoms with E-state index >= 15 is 0 Å². The number of hydrogen-bond donors (Lipinski definition) is 1. The first-order chi connectivity index (χ1) is 4.79. The van der Waals surface area contributed by atoms with E-state index in [0.717, 1.165) is 16.6 Å². The fraction of sp³-hybridized carbons (Fsp3) is 0.400. The maximum absolute atomic E-state index is 5.67. The standard InChI is InChI=1S/C5H7B3N2/c1-7-4-3(6)5(8-2)10-9-4/h1-2H3,(H,9,10). The van der Waals surface area contributed by atoms with Gasteiger partial charge in [-0.3, -0.25) is 5.10 Å². The van der Waals surface area contributed by atoms with Crippen LogP contribution in [0.5, 0.6) is 0 Å². The largest absolute Gasteiger partial charge is 0.294 e. The molecule has 1 heterocycles. The van der Waals surface area contributed by atoms with Gasteiger partial charge in [0.2, 0.25) is 0 Å². The molecule has 0 saturated carbocycles. The zero-order valence-electron chi connectivity index (χ0n) is 6.18. The number of nitrogens with zero attached hydrogens (tertiary/aromatic N) is 1. The molecule has 0 atom stereocenters. The van der Waals surface area contributed by atoms with E-state index in [-0.39, 0.29) is 0 Å². The minimum absolute atomic E-state index is 0.727. The Morgan fingerprint density at radius 2 is 2.10 bits per heavy atom. The third kappa shape index (κ3) is 1.13. The van der Waals surface area contributed by atoms with Crippen LogP contribution in [0.15, 0.2) is 0 Å². The summed E-state index contributed by atoms with van der Waals surface area (Å²) in [4.78, 5) is 0. The third-order valence-electron chi connectivity index (χ3n) is 1.43. The van der Waals surface area contributed by atoms with E-state index in [0.29, 0.717) is 0 Å². The lowest BCUT2D eigenvalue weighted by atomic mass is 9.65. The SMILES string of the molecule is [B]c1c([B]C)n[nH]c1[B]C. The lowest BCUT2D eigenvalue weighted by Crippen LogP contribution is -2.38. The van der Waals surface area contributed by atoms with Crippen LogP contribution in [-0.2, 0) is 0 Å². The minimum atomic E-state index is 0.727. The number of rotatable bonds is 2. The maximum atomic E-state index is 5.67. The number of nitrogens with one attached hydrogen (secondary N) is 1. The molecule has 0 aliphatic rings. The van der Waals surface area contributed by atoms with Crippen molar-refractivity contribution in [3.05, 3.63) is 0 Å². The van der Waals surface area contributed by atoms with Crippen LogP contribution in [0.1, 0.15) is 0 Å². The molecule has 46 valence electrons. The van der Waals surface area contributed by atoms with E-state index in [1.165, 1.54) is 0 Å². The van der Waals surface area contributed by atoms with Crippen molar-refractivity contribution in [2.75, 3.05) is 0 Å². The van der Waals surface area contributed by atoms with E-state index in [2.05, 4.69) is 10.2 Å². The number of hydrogen-bond acceptors (Lipinski definition) is 1. The van der Waals surface area contributed by atoms with Gasteiger partial charge < -0.3 is 0 Å². The highest BCUT2D eigenvalue weighted by Crippen LogP contribution is 1.63. The van der Waals surface area contributed by atoms with Crippen LogP contribution in [0.2, 0.25) is 13.6 Å². The first-order valence-electron chi connectivity index (χ1n) is 3.22.